The van der Waals surface area contributed by atoms with E-state index in [1.807, 2.05) is 12.1 Å². The normalized spacial score (nSPS) is 11.0. The Hall–Kier alpha value is -1.73. The number of halogens is 1. The Bertz CT molecular complexity index is 584. The fourth-order valence-corrected chi connectivity index (χ4v) is 2.33. The molecule has 6 nitrogen and oxygen atoms in total. The average molecular weight is 401 g/mol. The molecule has 7 heteroatoms. The van der Waals surface area contributed by atoms with Crippen LogP contribution in [0.3, 0.4) is 0 Å². The monoisotopic (exact) mass is 400 g/mol. The zero-order valence-electron chi connectivity index (χ0n) is 14.3. The first-order valence-electron chi connectivity index (χ1n) is 7.61. The maximum absolute atomic E-state index is 12.2. The molecule has 0 radical (unpaired) electrons. The number of hydrogen-bond acceptors (Lipinski definition) is 5. The van der Waals surface area contributed by atoms with Gasteiger partial charge in [0.15, 0.2) is 0 Å². The van der Waals surface area contributed by atoms with E-state index in [0.717, 1.165) is 10.0 Å². The molecular weight excluding hydrogens is 376 g/mol. The first-order chi connectivity index (χ1) is 11.1. The Balaban J connectivity index is 2.82. The predicted octanol–water partition coefficient (Wildman–Crippen LogP) is 3.38. The van der Waals surface area contributed by atoms with Crippen LogP contribution in [-0.2, 0) is 11.3 Å². The van der Waals surface area contributed by atoms with Crippen LogP contribution in [0.25, 0.3) is 0 Å². The van der Waals surface area contributed by atoms with Gasteiger partial charge in [-0.05, 0) is 54.4 Å². The molecule has 0 aliphatic carbocycles. The van der Waals surface area contributed by atoms with Gasteiger partial charge in [0.05, 0.1) is 17.6 Å². The number of rotatable bonds is 7. The van der Waals surface area contributed by atoms with Gasteiger partial charge in [0.25, 0.3) is 0 Å². The maximum atomic E-state index is 12.2. The van der Waals surface area contributed by atoms with Crippen molar-refractivity contribution >= 4 is 22.0 Å². The molecular formula is C17H25BrN2O4. The number of carbonyl (C=O) groups is 1. The molecule has 0 fully saturated rings. The summed E-state index contributed by atoms with van der Waals surface area (Å²) in [6, 6.07) is 5.47. The van der Waals surface area contributed by atoms with E-state index >= 15 is 0 Å². The van der Waals surface area contributed by atoms with Crippen LogP contribution in [0, 0.1) is 0 Å². The summed E-state index contributed by atoms with van der Waals surface area (Å²) >= 11 is 3.44. The lowest BCUT2D eigenvalue weighted by Gasteiger charge is -2.27. The fraction of sp³-hybridized carbons (Fsp3) is 0.471. The first kappa shape index (κ1) is 20.3. The molecule has 0 saturated carbocycles. The minimum absolute atomic E-state index is 0.0825. The molecule has 1 rings (SSSR count). The fourth-order valence-electron chi connectivity index (χ4n) is 1.79. The number of aliphatic hydroxyl groups excluding tert-OH is 1. The summed E-state index contributed by atoms with van der Waals surface area (Å²) in [6.45, 7) is 9.75. The van der Waals surface area contributed by atoms with E-state index < -0.39 is 11.7 Å². The lowest BCUT2D eigenvalue weighted by atomic mass is 10.2. The van der Waals surface area contributed by atoms with Crippen LogP contribution in [-0.4, -0.2) is 34.9 Å². The van der Waals surface area contributed by atoms with E-state index in [0.29, 0.717) is 18.8 Å². The number of nitrogens with two attached hydrogens (primary N) is 1. The number of benzene rings is 1. The zero-order valence-corrected chi connectivity index (χ0v) is 15.9. The second-order valence-electron chi connectivity index (χ2n) is 6.25. The Morgan fingerprint density at radius 2 is 2.08 bits per heavy atom. The lowest BCUT2D eigenvalue weighted by Crippen LogP contribution is -2.37. The van der Waals surface area contributed by atoms with Crippen LogP contribution >= 0.6 is 15.9 Å². The molecule has 0 aliphatic rings. The number of ether oxygens (including phenoxy) is 2. The van der Waals surface area contributed by atoms with Gasteiger partial charge in [-0.1, -0.05) is 12.6 Å². The van der Waals surface area contributed by atoms with Crippen molar-refractivity contribution in [2.45, 2.75) is 39.3 Å². The number of hydrogen-bond donors (Lipinski definition) is 2. The Kier molecular flexibility index (Phi) is 7.57. The Morgan fingerprint density at radius 3 is 2.58 bits per heavy atom. The molecule has 0 aromatic heterocycles. The van der Waals surface area contributed by atoms with E-state index in [-0.39, 0.29) is 19.0 Å². The standard InChI is InChI=1S/C17H25BrN2O4/c1-12(19)20(16(22)24-17(2,3)4)11-13-6-7-15(14(18)10-13)23-9-5-8-21/h6-7,10,21H,1,5,8-9,11,19H2,2-4H3. The van der Waals surface area contributed by atoms with Crippen molar-refractivity contribution in [3.8, 4) is 5.75 Å². The Labute approximate surface area is 151 Å². The predicted molar refractivity (Wildman–Crippen MR) is 96.4 cm³/mol. The van der Waals surface area contributed by atoms with Crippen molar-refractivity contribution < 1.29 is 19.4 Å². The highest BCUT2D eigenvalue weighted by molar-refractivity contribution is 9.10. The maximum Gasteiger partial charge on any atom is 0.416 e. The number of amides is 1. The van der Waals surface area contributed by atoms with E-state index in [2.05, 4.69) is 22.5 Å². The van der Waals surface area contributed by atoms with E-state index in [9.17, 15) is 4.79 Å². The highest BCUT2D eigenvalue weighted by Crippen LogP contribution is 2.27. The molecule has 24 heavy (non-hydrogen) atoms. The van der Waals surface area contributed by atoms with Crippen LogP contribution < -0.4 is 10.5 Å². The van der Waals surface area contributed by atoms with Crippen molar-refractivity contribution in [3.05, 3.63) is 40.6 Å². The summed E-state index contributed by atoms with van der Waals surface area (Å²) in [4.78, 5) is 13.5. The van der Waals surface area contributed by atoms with Gasteiger partial charge in [-0.3, -0.25) is 4.90 Å². The largest absolute Gasteiger partial charge is 0.492 e. The van der Waals surface area contributed by atoms with Gasteiger partial charge in [0.2, 0.25) is 0 Å². The molecule has 0 bridgehead atoms. The third kappa shape index (κ3) is 6.80. The van der Waals surface area contributed by atoms with Crippen molar-refractivity contribution in [2.24, 2.45) is 5.73 Å². The van der Waals surface area contributed by atoms with Gasteiger partial charge < -0.3 is 20.3 Å². The van der Waals surface area contributed by atoms with Crippen LogP contribution in [0.5, 0.6) is 5.75 Å². The SMILES string of the molecule is C=C(N)N(Cc1ccc(OCCCO)c(Br)c1)C(=O)OC(C)(C)C. The quantitative estimate of drug-likeness (QED) is 0.685. The molecule has 1 aromatic carbocycles. The van der Waals surface area contributed by atoms with Crippen molar-refractivity contribution in [1.29, 1.82) is 0 Å². The number of carbonyl (C=O) groups excluding carboxylic acids is 1. The van der Waals surface area contributed by atoms with Gasteiger partial charge in [0.1, 0.15) is 17.2 Å². The van der Waals surface area contributed by atoms with Crippen LogP contribution in [0.1, 0.15) is 32.8 Å². The van der Waals surface area contributed by atoms with Crippen LogP contribution in [0.2, 0.25) is 0 Å². The highest BCUT2D eigenvalue weighted by atomic mass is 79.9. The van der Waals surface area contributed by atoms with Crippen LogP contribution in [0.15, 0.2) is 35.1 Å². The van der Waals surface area contributed by atoms with E-state index in [1.54, 1.807) is 26.8 Å². The third-order valence-electron chi connectivity index (χ3n) is 2.86. The number of nitrogens with zero attached hydrogens (tertiary/aromatic N) is 1. The molecule has 0 aliphatic heterocycles. The number of aliphatic hydroxyl groups is 1. The Morgan fingerprint density at radius 1 is 1.42 bits per heavy atom. The zero-order chi connectivity index (χ0) is 18.3. The molecule has 0 heterocycles. The van der Waals surface area contributed by atoms with Gasteiger partial charge in [-0.2, -0.15) is 0 Å². The summed E-state index contributed by atoms with van der Waals surface area (Å²) in [5.74, 6) is 0.784. The van der Waals surface area contributed by atoms with Gasteiger partial charge in [-0.15, -0.1) is 0 Å². The summed E-state index contributed by atoms with van der Waals surface area (Å²) in [5, 5.41) is 8.78. The molecule has 0 saturated heterocycles. The van der Waals surface area contributed by atoms with Crippen molar-refractivity contribution in [3.63, 3.8) is 0 Å². The molecule has 1 aromatic rings. The molecule has 3 N–H and O–H groups in total. The third-order valence-corrected chi connectivity index (χ3v) is 3.48. The van der Waals surface area contributed by atoms with E-state index in [1.165, 1.54) is 4.90 Å². The van der Waals surface area contributed by atoms with E-state index in [4.69, 9.17) is 20.3 Å². The van der Waals surface area contributed by atoms with Gasteiger partial charge >= 0.3 is 6.09 Å². The summed E-state index contributed by atoms with van der Waals surface area (Å²) in [5.41, 5.74) is 5.95. The molecule has 0 atom stereocenters. The van der Waals surface area contributed by atoms with Gasteiger partial charge in [0, 0.05) is 13.0 Å². The summed E-state index contributed by atoms with van der Waals surface area (Å²) in [6.07, 6.45) is 0.0162. The minimum Gasteiger partial charge on any atom is -0.492 e. The lowest BCUT2D eigenvalue weighted by molar-refractivity contribution is 0.0299. The minimum atomic E-state index is -0.615. The second-order valence-corrected chi connectivity index (χ2v) is 7.10. The van der Waals surface area contributed by atoms with Gasteiger partial charge in [-0.25, -0.2) is 4.79 Å². The van der Waals surface area contributed by atoms with Crippen LogP contribution in [0.4, 0.5) is 4.79 Å². The van der Waals surface area contributed by atoms with Crippen molar-refractivity contribution in [1.82, 2.24) is 4.90 Å². The molecule has 0 unspecified atom stereocenters. The average Bonchev–Trinajstić information content (AvgIpc) is 2.44. The second kappa shape index (κ2) is 8.94. The van der Waals surface area contributed by atoms with Crippen molar-refractivity contribution in [2.75, 3.05) is 13.2 Å². The summed E-state index contributed by atoms with van der Waals surface area (Å²) in [7, 11) is 0. The first-order valence-corrected chi connectivity index (χ1v) is 8.40. The highest BCUT2D eigenvalue weighted by Gasteiger charge is 2.23. The summed E-state index contributed by atoms with van der Waals surface area (Å²) < 4.78 is 11.6. The smallest absolute Gasteiger partial charge is 0.416 e. The topological polar surface area (TPSA) is 85.0 Å². The molecule has 134 valence electrons. The molecule has 0 spiro atoms. The molecule has 1 amide bonds.